The number of nitrogens with one attached hydrogen (secondary N) is 1. The van der Waals surface area contributed by atoms with Crippen LogP contribution in [0.1, 0.15) is 6.92 Å². The van der Waals surface area contributed by atoms with Crippen LogP contribution in [-0.2, 0) is 4.79 Å². The van der Waals surface area contributed by atoms with Crippen molar-refractivity contribution in [1.29, 1.82) is 0 Å². The van der Waals surface area contributed by atoms with Gasteiger partial charge in [-0.3, -0.25) is 14.9 Å². The van der Waals surface area contributed by atoms with Crippen molar-refractivity contribution in [2.75, 3.05) is 25.0 Å². The fourth-order valence-corrected chi connectivity index (χ4v) is 2.17. The SMILES string of the molecule is CCN(CC(=O)NC)c1ccc([N+](=O)[O-])c(I)c1. The minimum Gasteiger partial charge on any atom is -0.362 e. The Bertz CT molecular complexity index is 465. The van der Waals surface area contributed by atoms with E-state index in [9.17, 15) is 14.9 Å². The second kappa shape index (κ2) is 6.53. The maximum atomic E-state index is 11.4. The topological polar surface area (TPSA) is 75.5 Å². The van der Waals surface area contributed by atoms with Crippen molar-refractivity contribution in [3.63, 3.8) is 0 Å². The first-order chi connectivity index (χ1) is 8.49. The molecular formula is C11H14IN3O3. The van der Waals surface area contributed by atoms with Gasteiger partial charge in [-0.2, -0.15) is 0 Å². The first kappa shape index (κ1) is 14.7. The third kappa shape index (κ3) is 3.56. The summed E-state index contributed by atoms with van der Waals surface area (Å²) in [5.41, 5.74) is 0.881. The van der Waals surface area contributed by atoms with Crippen LogP contribution >= 0.6 is 22.6 Å². The molecule has 0 fully saturated rings. The minimum atomic E-state index is -0.416. The van der Waals surface area contributed by atoms with Crippen molar-refractivity contribution in [3.8, 4) is 0 Å². The van der Waals surface area contributed by atoms with E-state index in [0.717, 1.165) is 5.69 Å². The number of anilines is 1. The highest BCUT2D eigenvalue weighted by Gasteiger charge is 2.15. The molecule has 0 saturated carbocycles. The fourth-order valence-electron chi connectivity index (χ4n) is 1.48. The number of halogens is 1. The normalized spacial score (nSPS) is 9.94. The van der Waals surface area contributed by atoms with Crippen LogP contribution in [0.2, 0.25) is 0 Å². The Morgan fingerprint density at radius 2 is 2.22 bits per heavy atom. The van der Waals surface area contributed by atoms with E-state index in [-0.39, 0.29) is 18.1 Å². The van der Waals surface area contributed by atoms with Crippen molar-refractivity contribution in [2.45, 2.75) is 6.92 Å². The van der Waals surface area contributed by atoms with Crippen molar-refractivity contribution in [2.24, 2.45) is 0 Å². The van der Waals surface area contributed by atoms with Gasteiger partial charge in [-0.15, -0.1) is 0 Å². The monoisotopic (exact) mass is 363 g/mol. The molecule has 0 spiro atoms. The summed E-state index contributed by atoms with van der Waals surface area (Å²) in [7, 11) is 1.58. The summed E-state index contributed by atoms with van der Waals surface area (Å²) >= 11 is 1.93. The maximum absolute atomic E-state index is 11.4. The minimum absolute atomic E-state index is 0.0790. The number of likely N-dealkylation sites (N-methyl/N-ethyl adjacent to an activating group) is 2. The summed E-state index contributed by atoms with van der Waals surface area (Å²) in [6, 6.07) is 4.83. The third-order valence-corrected chi connectivity index (χ3v) is 3.35. The van der Waals surface area contributed by atoms with Gasteiger partial charge >= 0.3 is 0 Å². The zero-order chi connectivity index (χ0) is 13.7. The second-order valence-corrected chi connectivity index (χ2v) is 4.74. The molecule has 0 aliphatic heterocycles. The van der Waals surface area contributed by atoms with E-state index in [4.69, 9.17) is 0 Å². The number of hydrogen-bond acceptors (Lipinski definition) is 4. The standard InChI is InChI=1S/C11H14IN3O3/c1-3-14(7-11(16)13-2)8-4-5-10(15(17)18)9(12)6-8/h4-6H,3,7H2,1-2H3,(H,13,16). The summed E-state index contributed by atoms with van der Waals surface area (Å²) in [6.45, 7) is 2.82. The molecule has 1 aromatic carbocycles. The summed E-state index contributed by atoms with van der Waals surface area (Å²) in [4.78, 5) is 23.5. The average molecular weight is 363 g/mol. The van der Waals surface area contributed by atoms with E-state index in [2.05, 4.69) is 5.32 Å². The van der Waals surface area contributed by atoms with Gasteiger partial charge in [0.1, 0.15) is 0 Å². The molecule has 0 aliphatic carbocycles. The number of nitrogens with zero attached hydrogens (tertiary/aromatic N) is 2. The van der Waals surface area contributed by atoms with Crippen LogP contribution in [0.5, 0.6) is 0 Å². The molecule has 0 aliphatic rings. The van der Waals surface area contributed by atoms with Crippen molar-refractivity contribution < 1.29 is 9.72 Å². The molecule has 1 aromatic rings. The molecular weight excluding hydrogens is 349 g/mol. The fraction of sp³-hybridized carbons (Fsp3) is 0.364. The first-order valence-corrected chi connectivity index (χ1v) is 6.47. The van der Waals surface area contributed by atoms with Gasteiger partial charge in [0.25, 0.3) is 5.69 Å². The van der Waals surface area contributed by atoms with Gasteiger partial charge in [0.2, 0.25) is 5.91 Å². The lowest BCUT2D eigenvalue weighted by Gasteiger charge is -2.22. The lowest BCUT2D eigenvalue weighted by atomic mass is 10.2. The molecule has 1 amide bonds. The quantitative estimate of drug-likeness (QED) is 0.492. The van der Waals surface area contributed by atoms with Crippen molar-refractivity contribution in [1.82, 2.24) is 5.32 Å². The van der Waals surface area contributed by atoms with E-state index in [1.54, 1.807) is 19.2 Å². The van der Waals surface area contributed by atoms with Crippen LogP contribution in [-0.4, -0.2) is 31.0 Å². The highest BCUT2D eigenvalue weighted by atomic mass is 127. The van der Waals surface area contributed by atoms with Crippen LogP contribution in [0.25, 0.3) is 0 Å². The predicted octanol–water partition coefficient (Wildman–Crippen LogP) is 1.77. The Kier molecular flexibility index (Phi) is 5.32. The Morgan fingerprint density at radius 3 is 2.67 bits per heavy atom. The Balaban J connectivity index is 2.97. The van der Waals surface area contributed by atoms with Crippen LogP contribution in [0, 0.1) is 13.7 Å². The number of hydrogen-bond donors (Lipinski definition) is 1. The number of nitro groups is 1. The summed E-state index contributed by atoms with van der Waals surface area (Å²) in [5.74, 6) is -0.0924. The second-order valence-electron chi connectivity index (χ2n) is 3.58. The largest absolute Gasteiger partial charge is 0.362 e. The average Bonchev–Trinajstić information content (AvgIpc) is 2.34. The number of carbonyl (C=O) groups excluding carboxylic acids is 1. The molecule has 18 heavy (non-hydrogen) atoms. The first-order valence-electron chi connectivity index (χ1n) is 5.39. The number of amides is 1. The molecule has 0 radical (unpaired) electrons. The molecule has 0 atom stereocenters. The summed E-state index contributed by atoms with van der Waals surface area (Å²) in [6.07, 6.45) is 0. The van der Waals surface area contributed by atoms with E-state index < -0.39 is 4.92 Å². The molecule has 0 aromatic heterocycles. The predicted molar refractivity (Wildman–Crippen MR) is 77.8 cm³/mol. The molecule has 7 heteroatoms. The van der Waals surface area contributed by atoms with Crippen LogP contribution < -0.4 is 10.2 Å². The van der Waals surface area contributed by atoms with E-state index in [1.807, 2.05) is 34.4 Å². The molecule has 98 valence electrons. The molecule has 0 unspecified atom stereocenters. The van der Waals surface area contributed by atoms with E-state index >= 15 is 0 Å². The number of carbonyl (C=O) groups is 1. The molecule has 0 bridgehead atoms. The van der Waals surface area contributed by atoms with Gasteiger partial charge in [0.15, 0.2) is 0 Å². The third-order valence-electron chi connectivity index (χ3n) is 2.49. The highest BCUT2D eigenvalue weighted by Crippen LogP contribution is 2.26. The zero-order valence-electron chi connectivity index (χ0n) is 10.1. The molecule has 0 saturated heterocycles. The molecule has 1 rings (SSSR count). The molecule has 6 nitrogen and oxygen atoms in total. The highest BCUT2D eigenvalue weighted by molar-refractivity contribution is 14.1. The number of rotatable bonds is 5. The van der Waals surface area contributed by atoms with Crippen molar-refractivity contribution >= 4 is 39.9 Å². The van der Waals surface area contributed by atoms with Gasteiger partial charge < -0.3 is 10.2 Å². The van der Waals surface area contributed by atoms with Gasteiger partial charge in [0.05, 0.1) is 15.0 Å². The van der Waals surface area contributed by atoms with Gasteiger partial charge in [-0.25, -0.2) is 0 Å². The Hall–Kier alpha value is -1.38. The lowest BCUT2D eigenvalue weighted by Crippen LogP contribution is -2.35. The van der Waals surface area contributed by atoms with Gasteiger partial charge in [-0.1, -0.05) is 0 Å². The van der Waals surface area contributed by atoms with Gasteiger partial charge in [-0.05, 0) is 41.6 Å². The lowest BCUT2D eigenvalue weighted by molar-refractivity contribution is -0.385. The smallest absolute Gasteiger partial charge is 0.282 e. The summed E-state index contributed by atoms with van der Waals surface area (Å²) < 4.78 is 0.561. The molecule has 0 heterocycles. The van der Waals surface area contributed by atoms with E-state index in [0.29, 0.717) is 10.1 Å². The van der Waals surface area contributed by atoms with Crippen LogP contribution in [0.15, 0.2) is 18.2 Å². The Morgan fingerprint density at radius 1 is 1.56 bits per heavy atom. The number of nitro benzene ring substituents is 1. The van der Waals surface area contributed by atoms with Crippen LogP contribution in [0.3, 0.4) is 0 Å². The van der Waals surface area contributed by atoms with Gasteiger partial charge in [0, 0.05) is 25.3 Å². The Labute approximate surface area is 119 Å². The summed E-state index contributed by atoms with van der Waals surface area (Å²) in [5, 5.41) is 13.3. The van der Waals surface area contributed by atoms with Crippen molar-refractivity contribution in [3.05, 3.63) is 31.9 Å². The zero-order valence-corrected chi connectivity index (χ0v) is 12.3. The molecule has 1 N–H and O–H groups in total. The van der Waals surface area contributed by atoms with Crippen LogP contribution in [0.4, 0.5) is 11.4 Å². The number of benzene rings is 1. The maximum Gasteiger partial charge on any atom is 0.282 e. The van der Waals surface area contributed by atoms with E-state index in [1.165, 1.54) is 6.07 Å².